The average molecular weight is 264 g/mol. The minimum absolute atomic E-state index is 0.246. The number of carbonyl (C=O) groups is 1. The van der Waals surface area contributed by atoms with Crippen LogP contribution in [0.1, 0.15) is 38.2 Å². The van der Waals surface area contributed by atoms with Crippen LogP contribution in [0.25, 0.3) is 0 Å². The molecule has 19 heavy (non-hydrogen) atoms. The van der Waals surface area contributed by atoms with E-state index in [0.717, 1.165) is 12.8 Å². The van der Waals surface area contributed by atoms with Gasteiger partial charge in [-0.1, -0.05) is 31.9 Å². The summed E-state index contributed by atoms with van der Waals surface area (Å²) in [5, 5.41) is 2.67. The van der Waals surface area contributed by atoms with Crippen molar-refractivity contribution in [1.29, 1.82) is 0 Å². The molecule has 0 aliphatic heterocycles. The third kappa shape index (κ3) is 2.95. The van der Waals surface area contributed by atoms with Crippen molar-refractivity contribution in [3.8, 4) is 0 Å². The van der Waals surface area contributed by atoms with Gasteiger partial charge < -0.3 is 11.1 Å². The fourth-order valence-corrected chi connectivity index (χ4v) is 2.83. The van der Waals surface area contributed by atoms with E-state index >= 15 is 0 Å². The number of rotatable bonds is 2. The topological polar surface area (TPSA) is 55.1 Å². The van der Waals surface area contributed by atoms with E-state index < -0.39 is 11.4 Å². The monoisotopic (exact) mass is 264 g/mol. The Labute approximate surface area is 113 Å². The number of hydrogen-bond acceptors (Lipinski definition) is 2. The van der Waals surface area contributed by atoms with E-state index in [1.807, 2.05) is 0 Å². The normalized spacial score (nSPS) is 27.1. The van der Waals surface area contributed by atoms with Crippen molar-refractivity contribution in [2.75, 3.05) is 5.32 Å². The van der Waals surface area contributed by atoms with Gasteiger partial charge in [-0.2, -0.15) is 0 Å². The minimum Gasteiger partial charge on any atom is -0.322 e. The van der Waals surface area contributed by atoms with Crippen molar-refractivity contribution in [3.63, 3.8) is 0 Å². The van der Waals surface area contributed by atoms with E-state index in [9.17, 15) is 9.18 Å². The summed E-state index contributed by atoms with van der Waals surface area (Å²) in [6, 6.07) is 4.74. The summed E-state index contributed by atoms with van der Waals surface area (Å²) in [5.74, 6) is -0.251. The van der Waals surface area contributed by atoms with Crippen LogP contribution in [-0.2, 0) is 4.79 Å². The van der Waals surface area contributed by atoms with Crippen LogP contribution in [0.3, 0.4) is 0 Å². The Hall–Kier alpha value is -1.42. The molecule has 0 aromatic heterocycles. The molecule has 4 heteroatoms. The van der Waals surface area contributed by atoms with Crippen molar-refractivity contribution in [1.82, 2.24) is 0 Å². The molecule has 2 unspecified atom stereocenters. The van der Waals surface area contributed by atoms with E-state index in [0.29, 0.717) is 24.3 Å². The van der Waals surface area contributed by atoms with E-state index in [-0.39, 0.29) is 11.6 Å². The second kappa shape index (κ2) is 5.29. The molecule has 1 aromatic carbocycles. The van der Waals surface area contributed by atoms with E-state index in [2.05, 4.69) is 12.2 Å². The highest BCUT2D eigenvalue weighted by Crippen LogP contribution is 2.32. The van der Waals surface area contributed by atoms with Gasteiger partial charge in [0.1, 0.15) is 5.82 Å². The molecular weight excluding hydrogens is 243 g/mol. The fourth-order valence-electron chi connectivity index (χ4n) is 2.83. The lowest BCUT2D eigenvalue weighted by Crippen LogP contribution is -2.53. The summed E-state index contributed by atoms with van der Waals surface area (Å²) in [7, 11) is 0. The molecule has 0 radical (unpaired) electrons. The van der Waals surface area contributed by atoms with Crippen LogP contribution in [0.4, 0.5) is 10.1 Å². The molecular formula is C15H21FN2O. The number of aryl methyl sites for hydroxylation is 1. The third-order valence-corrected chi connectivity index (χ3v) is 3.95. The molecule has 1 aliphatic rings. The average Bonchev–Trinajstić information content (AvgIpc) is 2.33. The second-order valence-corrected chi connectivity index (χ2v) is 5.74. The first-order valence-electron chi connectivity index (χ1n) is 6.78. The van der Waals surface area contributed by atoms with Gasteiger partial charge in [-0.3, -0.25) is 4.79 Å². The summed E-state index contributed by atoms with van der Waals surface area (Å²) in [5.41, 5.74) is 6.29. The zero-order valence-corrected chi connectivity index (χ0v) is 11.5. The quantitative estimate of drug-likeness (QED) is 0.862. The summed E-state index contributed by atoms with van der Waals surface area (Å²) in [6.45, 7) is 3.87. The molecule has 2 rings (SSSR count). The highest BCUT2D eigenvalue weighted by molar-refractivity contribution is 5.98. The van der Waals surface area contributed by atoms with Crippen molar-refractivity contribution < 1.29 is 9.18 Å². The van der Waals surface area contributed by atoms with Crippen molar-refractivity contribution in [3.05, 3.63) is 29.6 Å². The van der Waals surface area contributed by atoms with Gasteiger partial charge in [0.2, 0.25) is 5.91 Å². The maximum atomic E-state index is 13.7. The van der Waals surface area contributed by atoms with Gasteiger partial charge in [0.05, 0.1) is 11.2 Å². The van der Waals surface area contributed by atoms with Gasteiger partial charge >= 0.3 is 0 Å². The number of anilines is 1. The third-order valence-electron chi connectivity index (χ3n) is 3.95. The number of hydrogen-bond donors (Lipinski definition) is 2. The Bertz CT molecular complexity index is 469. The first-order valence-corrected chi connectivity index (χ1v) is 6.78. The van der Waals surface area contributed by atoms with Crippen LogP contribution < -0.4 is 11.1 Å². The second-order valence-electron chi connectivity index (χ2n) is 5.74. The van der Waals surface area contributed by atoms with Gasteiger partial charge in [0, 0.05) is 0 Å². The van der Waals surface area contributed by atoms with Gasteiger partial charge in [-0.25, -0.2) is 4.39 Å². The summed E-state index contributed by atoms with van der Waals surface area (Å²) >= 11 is 0. The first-order chi connectivity index (χ1) is 8.92. The van der Waals surface area contributed by atoms with Crippen molar-refractivity contribution in [2.24, 2.45) is 11.7 Å². The molecule has 3 N–H and O–H groups in total. The van der Waals surface area contributed by atoms with E-state index in [1.54, 1.807) is 19.1 Å². The van der Waals surface area contributed by atoms with Crippen LogP contribution in [-0.4, -0.2) is 11.4 Å². The SMILES string of the molecule is Cc1cccc(F)c1NC(=O)C1(N)CCCC(C)C1. The number of carbonyl (C=O) groups excluding carboxylic acids is 1. The zero-order chi connectivity index (χ0) is 14.0. The molecule has 1 amide bonds. The first kappa shape index (κ1) is 14.0. The molecule has 0 heterocycles. The Morgan fingerprint density at radius 3 is 2.89 bits per heavy atom. The number of nitrogens with one attached hydrogen (secondary N) is 1. The largest absolute Gasteiger partial charge is 0.322 e. The van der Waals surface area contributed by atoms with Crippen LogP contribution >= 0.6 is 0 Å². The number of benzene rings is 1. The van der Waals surface area contributed by atoms with Crippen molar-refractivity contribution in [2.45, 2.75) is 45.1 Å². The van der Waals surface area contributed by atoms with Crippen LogP contribution in [0.5, 0.6) is 0 Å². The highest BCUT2D eigenvalue weighted by atomic mass is 19.1. The molecule has 104 valence electrons. The van der Waals surface area contributed by atoms with E-state index in [4.69, 9.17) is 5.73 Å². The molecule has 0 saturated heterocycles. The minimum atomic E-state index is -0.869. The molecule has 1 fully saturated rings. The maximum Gasteiger partial charge on any atom is 0.244 e. The highest BCUT2D eigenvalue weighted by Gasteiger charge is 2.38. The molecule has 3 nitrogen and oxygen atoms in total. The Morgan fingerprint density at radius 2 is 2.26 bits per heavy atom. The zero-order valence-electron chi connectivity index (χ0n) is 11.5. The Balaban J connectivity index is 2.17. The lowest BCUT2D eigenvalue weighted by Gasteiger charge is -2.35. The predicted molar refractivity (Wildman–Crippen MR) is 74.3 cm³/mol. The molecule has 2 atom stereocenters. The van der Waals surface area contributed by atoms with Crippen molar-refractivity contribution >= 4 is 11.6 Å². The van der Waals surface area contributed by atoms with Crippen LogP contribution in [0.2, 0.25) is 0 Å². The van der Waals surface area contributed by atoms with Crippen LogP contribution in [0.15, 0.2) is 18.2 Å². The number of para-hydroxylation sites is 1. The molecule has 1 saturated carbocycles. The predicted octanol–water partition coefficient (Wildman–Crippen LogP) is 2.98. The lowest BCUT2D eigenvalue weighted by molar-refractivity contribution is -0.122. The lowest BCUT2D eigenvalue weighted by atomic mass is 9.76. The number of nitrogens with two attached hydrogens (primary N) is 1. The van der Waals surface area contributed by atoms with Gasteiger partial charge in [0.15, 0.2) is 0 Å². The van der Waals surface area contributed by atoms with Crippen LogP contribution in [0, 0.1) is 18.7 Å². The summed E-state index contributed by atoms with van der Waals surface area (Å²) < 4.78 is 13.7. The molecule has 0 spiro atoms. The Morgan fingerprint density at radius 1 is 1.53 bits per heavy atom. The standard InChI is InChI=1S/C15H21FN2O/c1-10-5-4-8-15(17,9-10)14(19)18-13-11(2)6-3-7-12(13)16/h3,6-7,10H,4-5,8-9,17H2,1-2H3,(H,18,19). The Kier molecular flexibility index (Phi) is 3.90. The van der Waals surface area contributed by atoms with Gasteiger partial charge in [-0.05, 0) is 37.3 Å². The molecule has 1 aromatic rings. The molecule has 0 bridgehead atoms. The fraction of sp³-hybridized carbons (Fsp3) is 0.533. The smallest absolute Gasteiger partial charge is 0.244 e. The number of amides is 1. The van der Waals surface area contributed by atoms with Gasteiger partial charge in [-0.15, -0.1) is 0 Å². The summed E-state index contributed by atoms with van der Waals surface area (Å²) in [6.07, 6.45) is 3.37. The summed E-state index contributed by atoms with van der Waals surface area (Å²) in [4.78, 5) is 12.3. The van der Waals surface area contributed by atoms with Gasteiger partial charge in [0.25, 0.3) is 0 Å². The number of halogens is 1. The molecule has 1 aliphatic carbocycles. The van der Waals surface area contributed by atoms with E-state index in [1.165, 1.54) is 6.07 Å². The maximum absolute atomic E-state index is 13.7.